The molecule has 2 aliphatic heterocycles. The van der Waals surface area contributed by atoms with Crippen LogP contribution in [0.2, 0.25) is 5.02 Å². The second kappa shape index (κ2) is 7.09. The fourth-order valence-corrected chi connectivity index (χ4v) is 3.82. The summed E-state index contributed by atoms with van der Waals surface area (Å²) in [5.74, 6) is -0.125. The van der Waals surface area contributed by atoms with Gasteiger partial charge in [0.15, 0.2) is 0 Å². The highest BCUT2D eigenvalue weighted by Gasteiger charge is 2.43. The maximum Gasteiger partial charge on any atom is 0.246 e. The van der Waals surface area contributed by atoms with Crippen LogP contribution in [0.1, 0.15) is 11.3 Å². The van der Waals surface area contributed by atoms with Gasteiger partial charge < -0.3 is 15.2 Å². The molecule has 1 aromatic carbocycles. The van der Waals surface area contributed by atoms with Crippen molar-refractivity contribution in [1.82, 2.24) is 25.1 Å². The zero-order valence-corrected chi connectivity index (χ0v) is 14.9. The van der Waals surface area contributed by atoms with Gasteiger partial charge in [0.2, 0.25) is 11.8 Å². The molecule has 26 heavy (non-hydrogen) atoms. The highest BCUT2D eigenvalue weighted by atomic mass is 35.5. The summed E-state index contributed by atoms with van der Waals surface area (Å²) in [6.45, 7) is 2.45. The maximum absolute atomic E-state index is 12.8. The van der Waals surface area contributed by atoms with Gasteiger partial charge in [0.05, 0.1) is 6.33 Å². The van der Waals surface area contributed by atoms with Crippen LogP contribution in [0.4, 0.5) is 0 Å². The Morgan fingerprint density at radius 3 is 2.85 bits per heavy atom. The molecule has 0 unspecified atom stereocenters. The first-order valence-corrected chi connectivity index (χ1v) is 9.03. The Balaban J connectivity index is 1.43. The molecule has 0 saturated carbocycles. The number of benzene rings is 1. The molecular weight excluding hydrogens is 354 g/mol. The van der Waals surface area contributed by atoms with Crippen LogP contribution < -0.4 is 5.32 Å². The second-order valence-electron chi connectivity index (χ2n) is 6.72. The van der Waals surface area contributed by atoms with E-state index >= 15 is 0 Å². The summed E-state index contributed by atoms with van der Waals surface area (Å²) in [5.41, 5.74) is 1.86. The van der Waals surface area contributed by atoms with Crippen molar-refractivity contribution in [3.8, 4) is 0 Å². The maximum atomic E-state index is 12.8. The molecule has 0 bridgehead atoms. The molecule has 2 atom stereocenters. The SMILES string of the molecule is O=C1N[C@@H](Cc2cnc[nH]2)C(=O)N2CCN(Cc3ccccc3Cl)C[C@H]12. The summed E-state index contributed by atoms with van der Waals surface area (Å²) in [7, 11) is 0. The van der Waals surface area contributed by atoms with E-state index in [0.29, 0.717) is 26.1 Å². The number of nitrogens with zero attached hydrogens (tertiary/aromatic N) is 3. The van der Waals surface area contributed by atoms with Gasteiger partial charge in [0.1, 0.15) is 12.1 Å². The third kappa shape index (κ3) is 3.32. The monoisotopic (exact) mass is 373 g/mol. The molecule has 0 aliphatic carbocycles. The van der Waals surface area contributed by atoms with E-state index in [1.807, 2.05) is 24.3 Å². The van der Waals surface area contributed by atoms with Crippen LogP contribution in [0.5, 0.6) is 0 Å². The number of imidazole rings is 1. The van der Waals surface area contributed by atoms with Gasteiger partial charge in [-0.1, -0.05) is 29.8 Å². The third-order valence-corrected chi connectivity index (χ3v) is 5.36. The molecule has 0 spiro atoms. The lowest BCUT2D eigenvalue weighted by Gasteiger charge is -2.45. The highest BCUT2D eigenvalue weighted by molar-refractivity contribution is 6.31. The molecule has 3 heterocycles. The van der Waals surface area contributed by atoms with E-state index in [1.54, 1.807) is 17.4 Å². The lowest BCUT2D eigenvalue weighted by atomic mass is 10.0. The molecule has 0 radical (unpaired) electrons. The fraction of sp³-hybridized carbons (Fsp3) is 0.389. The fourth-order valence-electron chi connectivity index (χ4n) is 3.62. The number of carbonyl (C=O) groups excluding carboxylic acids is 2. The van der Waals surface area contributed by atoms with Gasteiger partial charge in [0.25, 0.3) is 0 Å². The van der Waals surface area contributed by atoms with E-state index in [9.17, 15) is 9.59 Å². The van der Waals surface area contributed by atoms with Gasteiger partial charge in [-0.15, -0.1) is 0 Å². The standard InChI is InChI=1S/C18H20ClN5O2/c19-14-4-2-1-3-12(14)9-23-5-6-24-16(10-23)17(25)22-15(18(24)26)7-13-8-20-11-21-13/h1-4,8,11,15-16H,5-7,9-10H2,(H,20,21)(H,22,25)/t15-,16+/m0/s1. The molecule has 2 amide bonds. The minimum absolute atomic E-state index is 0.0263. The highest BCUT2D eigenvalue weighted by Crippen LogP contribution is 2.22. The summed E-state index contributed by atoms with van der Waals surface area (Å²) in [6.07, 6.45) is 3.67. The van der Waals surface area contributed by atoms with Crippen LogP contribution in [0.25, 0.3) is 0 Å². The number of piperazine rings is 2. The van der Waals surface area contributed by atoms with Gasteiger partial charge in [-0.3, -0.25) is 14.5 Å². The summed E-state index contributed by atoms with van der Waals surface area (Å²) in [5, 5.41) is 3.59. The number of rotatable bonds is 4. The van der Waals surface area contributed by atoms with Gasteiger partial charge in [-0.2, -0.15) is 0 Å². The molecule has 8 heteroatoms. The molecule has 136 valence electrons. The number of H-pyrrole nitrogens is 1. The number of fused-ring (bicyclic) bond motifs is 1. The lowest BCUT2D eigenvalue weighted by molar-refractivity contribution is -0.153. The van der Waals surface area contributed by atoms with Crippen LogP contribution in [-0.4, -0.2) is 63.3 Å². The molecule has 2 fully saturated rings. The Bertz CT molecular complexity index is 810. The van der Waals surface area contributed by atoms with Crippen molar-refractivity contribution in [3.63, 3.8) is 0 Å². The Labute approximate surface area is 156 Å². The van der Waals surface area contributed by atoms with Crippen molar-refractivity contribution < 1.29 is 9.59 Å². The number of halogens is 1. The average molecular weight is 374 g/mol. The first kappa shape index (κ1) is 17.1. The van der Waals surface area contributed by atoms with Gasteiger partial charge in [0, 0.05) is 49.5 Å². The smallest absolute Gasteiger partial charge is 0.246 e. The molecule has 2 N–H and O–H groups in total. The molecule has 2 aromatic rings. The zero-order chi connectivity index (χ0) is 18.1. The second-order valence-corrected chi connectivity index (χ2v) is 7.12. The van der Waals surface area contributed by atoms with Crippen molar-refractivity contribution in [3.05, 3.63) is 53.1 Å². The molecule has 2 aliphatic rings. The largest absolute Gasteiger partial charge is 0.348 e. The first-order valence-electron chi connectivity index (χ1n) is 8.65. The van der Waals surface area contributed by atoms with E-state index in [1.165, 1.54) is 0 Å². The Hall–Kier alpha value is -2.38. The van der Waals surface area contributed by atoms with Crippen molar-refractivity contribution >= 4 is 23.4 Å². The molecular formula is C18H20ClN5O2. The lowest BCUT2D eigenvalue weighted by Crippen LogP contribution is -2.69. The zero-order valence-electron chi connectivity index (χ0n) is 14.2. The first-order chi connectivity index (χ1) is 12.6. The van der Waals surface area contributed by atoms with Gasteiger partial charge >= 0.3 is 0 Å². The number of amides is 2. The van der Waals surface area contributed by atoms with Crippen LogP contribution in [0.15, 0.2) is 36.8 Å². The third-order valence-electron chi connectivity index (χ3n) is 5.00. The van der Waals surface area contributed by atoms with Crippen molar-refractivity contribution in [1.29, 1.82) is 0 Å². The Kier molecular flexibility index (Phi) is 4.65. The average Bonchev–Trinajstić information content (AvgIpc) is 3.14. The van der Waals surface area contributed by atoms with E-state index in [-0.39, 0.29) is 11.8 Å². The Morgan fingerprint density at radius 2 is 2.08 bits per heavy atom. The van der Waals surface area contributed by atoms with E-state index in [0.717, 1.165) is 22.8 Å². The minimum Gasteiger partial charge on any atom is -0.348 e. The summed E-state index contributed by atoms with van der Waals surface area (Å²) in [4.78, 5) is 36.2. The van der Waals surface area contributed by atoms with Crippen molar-refractivity contribution in [2.75, 3.05) is 19.6 Å². The molecule has 4 rings (SSSR count). The van der Waals surface area contributed by atoms with Crippen LogP contribution in [0.3, 0.4) is 0 Å². The van der Waals surface area contributed by atoms with Crippen LogP contribution in [-0.2, 0) is 22.6 Å². The number of hydrogen-bond donors (Lipinski definition) is 2. The quantitative estimate of drug-likeness (QED) is 0.831. The van der Waals surface area contributed by atoms with Crippen molar-refractivity contribution in [2.45, 2.75) is 25.0 Å². The van der Waals surface area contributed by atoms with Crippen molar-refractivity contribution in [2.24, 2.45) is 0 Å². The number of aromatic amines is 1. The predicted molar refractivity (Wildman–Crippen MR) is 96.5 cm³/mol. The minimum atomic E-state index is -0.533. The molecule has 1 aromatic heterocycles. The van der Waals surface area contributed by atoms with E-state index < -0.39 is 12.1 Å². The van der Waals surface area contributed by atoms with E-state index in [2.05, 4.69) is 20.2 Å². The van der Waals surface area contributed by atoms with Gasteiger partial charge in [-0.05, 0) is 11.6 Å². The molecule has 2 saturated heterocycles. The Morgan fingerprint density at radius 1 is 1.23 bits per heavy atom. The van der Waals surface area contributed by atoms with E-state index in [4.69, 9.17) is 11.6 Å². The predicted octanol–water partition coefficient (Wildman–Crippen LogP) is 0.817. The number of nitrogens with one attached hydrogen (secondary N) is 2. The van der Waals surface area contributed by atoms with Crippen LogP contribution in [0, 0.1) is 0 Å². The summed E-state index contributed by atoms with van der Waals surface area (Å²) in [6, 6.07) is 6.72. The number of hydrogen-bond acceptors (Lipinski definition) is 4. The normalized spacial score (nSPS) is 23.7. The van der Waals surface area contributed by atoms with Gasteiger partial charge in [-0.25, -0.2) is 4.98 Å². The summed E-state index contributed by atoms with van der Waals surface area (Å²) < 4.78 is 0. The topological polar surface area (TPSA) is 81.3 Å². The summed E-state index contributed by atoms with van der Waals surface area (Å²) >= 11 is 6.24. The number of carbonyl (C=O) groups is 2. The number of aromatic nitrogens is 2. The molecule has 7 nitrogen and oxygen atoms in total. The van der Waals surface area contributed by atoms with Crippen LogP contribution >= 0.6 is 11.6 Å².